The fourth-order valence-corrected chi connectivity index (χ4v) is 2.64. The van der Waals surface area contributed by atoms with Crippen LogP contribution in [0, 0.1) is 0 Å². The minimum Gasteiger partial charge on any atom is -0.478 e. The Morgan fingerprint density at radius 3 is 2.29 bits per heavy atom. The van der Waals surface area contributed by atoms with Crippen molar-refractivity contribution < 1.29 is 14.7 Å². The van der Waals surface area contributed by atoms with Crippen LogP contribution in [0.3, 0.4) is 0 Å². The van der Waals surface area contributed by atoms with Crippen LogP contribution in [-0.2, 0) is 17.8 Å². The van der Waals surface area contributed by atoms with E-state index in [1.54, 1.807) is 18.2 Å². The van der Waals surface area contributed by atoms with Gasteiger partial charge in [-0.2, -0.15) is 0 Å². The SMILES string of the molecule is CCC(C)N(Cc1ccccc1)C(=O)Cc1ccccc1C(=O)O. The van der Waals surface area contributed by atoms with Gasteiger partial charge in [-0.1, -0.05) is 55.5 Å². The lowest BCUT2D eigenvalue weighted by Gasteiger charge is -2.29. The Hall–Kier alpha value is -2.62. The van der Waals surface area contributed by atoms with Gasteiger partial charge in [0.1, 0.15) is 0 Å². The summed E-state index contributed by atoms with van der Waals surface area (Å²) in [7, 11) is 0. The molecule has 126 valence electrons. The van der Waals surface area contributed by atoms with E-state index in [4.69, 9.17) is 0 Å². The quantitative estimate of drug-likeness (QED) is 0.843. The first-order chi connectivity index (χ1) is 11.5. The number of carboxylic acids is 1. The molecule has 0 saturated heterocycles. The van der Waals surface area contributed by atoms with Gasteiger partial charge in [-0.3, -0.25) is 4.79 Å². The maximum absolute atomic E-state index is 12.8. The summed E-state index contributed by atoms with van der Waals surface area (Å²) in [4.78, 5) is 26.0. The fraction of sp³-hybridized carbons (Fsp3) is 0.300. The molecule has 1 atom stereocenters. The number of carbonyl (C=O) groups is 2. The van der Waals surface area contributed by atoms with Gasteiger partial charge in [-0.05, 0) is 30.5 Å². The molecule has 2 aromatic rings. The highest BCUT2D eigenvalue weighted by molar-refractivity contribution is 5.91. The number of hydrogen-bond donors (Lipinski definition) is 1. The van der Waals surface area contributed by atoms with Gasteiger partial charge in [-0.25, -0.2) is 4.79 Å². The number of amides is 1. The minimum atomic E-state index is -1.00. The van der Waals surface area contributed by atoms with Gasteiger partial charge < -0.3 is 10.0 Å². The molecule has 4 heteroatoms. The molecule has 0 aliphatic carbocycles. The van der Waals surface area contributed by atoms with Crippen LogP contribution in [0.2, 0.25) is 0 Å². The molecule has 0 bridgehead atoms. The zero-order valence-electron chi connectivity index (χ0n) is 14.1. The molecule has 0 fully saturated rings. The van der Waals surface area contributed by atoms with Crippen LogP contribution in [0.15, 0.2) is 54.6 Å². The topological polar surface area (TPSA) is 57.6 Å². The summed E-state index contributed by atoms with van der Waals surface area (Å²) in [6, 6.07) is 16.6. The molecule has 1 amide bonds. The monoisotopic (exact) mass is 325 g/mol. The lowest BCUT2D eigenvalue weighted by molar-refractivity contribution is -0.133. The van der Waals surface area contributed by atoms with E-state index in [0.717, 1.165) is 12.0 Å². The van der Waals surface area contributed by atoms with Gasteiger partial charge in [0.15, 0.2) is 0 Å². The van der Waals surface area contributed by atoms with E-state index in [1.807, 2.05) is 49.1 Å². The van der Waals surface area contributed by atoms with Crippen molar-refractivity contribution in [2.24, 2.45) is 0 Å². The van der Waals surface area contributed by atoms with E-state index < -0.39 is 5.97 Å². The van der Waals surface area contributed by atoms with Crippen molar-refractivity contribution in [1.82, 2.24) is 4.90 Å². The average molecular weight is 325 g/mol. The van der Waals surface area contributed by atoms with Crippen molar-refractivity contribution >= 4 is 11.9 Å². The molecule has 24 heavy (non-hydrogen) atoms. The zero-order valence-corrected chi connectivity index (χ0v) is 14.1. The third-order valence-corrected chi connectivity index (χ3v) is 4.23. The molecule has 0 aliphatic rings. The predicted octanol–water partition coefficient (Wildman–Crippen LogP) is 3.75. The van der Waals surface area contributed by atoms with E-state index in [2.05, 4.69) is 0 Å². The number of aromatic carboxylic acids is 1. The molecule has 0 aliphatic heterocycles. The summed E-state index contributed by atoms with van der Waals surface area (Å²) in [6.45, 7) is 4.59. The molecule has 4 nitrogen and oxygen atoms in total. The lowest BCUT2D eigenvalue weighted by atomic mass is 10.0. The summed E-state index contributed by atoms with van der Waals surface area (Å²) in [5, 5.41) is 9.28. The Labute approximate surface area is 142 Å². The van der Waals surface area contributed by atoms with Crippen molar-refractivity contribution in [3.05, 3.63) is 71.3 Å². The van der Waals surface area contributed by atoms with E-state index in [1.165, 1.54) is 6.07 Å². The first-order valence-electron chi connectivity index (χ1n) is 8.17. The van der Waals surface area contributed by atoms with E-state index >= 15 is 0 Å². The number of carbonyl (C=O) groups excluding carboxylic acids is 1. The molecule has 0 aromatic heterocycles. The van der Waals surface area contributed by atoms with Crippen LogP contribution >= 0.6 is 0 Å². The van der Waals surface area contributed by atoms with Crippen molar-refractivity contribution in [2.45, 2.75) is 39.3 Å². The first kappa shape index (κ1) is 17.7. The zero-order chi connectivity index (χ0) is 17.5. The number of benzene rings is 2. The molecule has 0 spiro atoms. The maximum atomic E-state index is 12.8. The molecule has 2 aromatic carbocycles. The largest absolute Gasteiger partial charge is 0.478 e. The van der Waals surface area contributed by atoms with Crippen LogP contribution < -0.4 is 0 Å². The van der Waals surface area contributed by atoms with E-state index in [9.17, 15) is 14.7 Å². The van der Waals surface area contributed by atoms with Crippen molar-refractivity contribution in [3.8, 4) is 0 Å². The Morgan fingerprint density at radius 2 is 1.67 bits per heavy atom. The normalized spacial score (nSPS) is 11.8. The number of nitrogens with zero attached hydrogens (tertiary/aromatic N) is 1. The van der Waals surface area contributed by atoms with Crippen LogP contribution in [0.25, 0.3) is 0 Å². The second kappa shape index (κ2) is 8.29. The molecule has 0 saturated carbocycles. The van der Waals surface area contributed by atoms with Crippen LogP contribution in [-0.4, -0.2) is 27.9 Å². The molecular weight excluding hydrogens is 302 g/mol. The maximum Gasteiger partial charge on any atom is 0.335 e. The van der Waals surface area contributed by atoms with Gasteiger partial charge >= 0.3 is 5.97 Å². The minimum absolute atomic E-state index is 0.0538. The number of carboxylic acid groups (broad SMARTS) is 1. The van der Waals surface area contributed by atoms with Crippen LogP contribution in [0.1, 0.15) is 41.8 Å². The standard InChI is InChI=1S/C20H23NO3/c1-3-15(2)21(14-16-9-5-4-6-10-16)19(22)13-17-11-7-8-12-18(17)20(23)24/h4-12,15H,3,13-14H2,1-2H3,(H,23,24). The van der Waals surface area contributed by atoms with E-state index in [-0.39, 0.29) is 23.9 Å². The average Bonchev–Trinajstić information content (AvgIpc) is 2.60. The highest BCUT2D eigenvalue weighted by atomic mass is 16.4. The molecule has 2 rings (SSSR count). The van der Waals surface area contributed by atoms with Crippen molar-refractivity contribution in [3.63, 3.8) is 0 Å². The molecule has 0 heterocycles. The fourth-order valence-electron chi connectivity index (χ4n) is 2.64. The third-order valence-electron chi connectivity index (χ3n) is 4.23. The molecule has 1 N–H and O–H groups in total. The van der Waals surface area contributed by atoms with Gasteiger partial charge in [0.25, 0.3) is 0 Å². The first-order valence-corrected chi connectivity index (χ1v) is 8.17. The summed E-state index contributed by atoms with van der Waals surface area (Å²) < 4.78 is 0. The summed E-state index contributed by atoms with van der Waals surface area (Å²) in [5.41, 5.74) is 1.81. The van der Waals surface area contributed by atoms with Crippen LogP contribution in [0.5, 0.6) is 0 Å². The molecular formula is C20H23NO3. The van der Waals surface area contributed by atoms with E-state index in [0.29, 0.717) is 12.1 Å². The van der Waals surface area contributed by atoms with Gasteiger partial charge in [0, 0.05) is 12.6 Å². The molecule has 1 unspecified atom stereocenters. The molecule has 0 radical (unpaired) electrons. The van der Waals surface area contributed by atoms with Crippen LogP contribution in [0.4, 0.5) is 0 Å². The third kappa shape index (κ3) is 4.44. The number of hydrogen-bond acceptors (Lipinski definition) is 2. The van der Waals surface area contributed by atoms with Gasteiger partial charge in [-0.15, -0.1) is 0 Å². The van der Waals surface area contributed by atoms with Crippen molar-refractivity contribution in [2.75, 3.05) is 0 Å². The number of rotatable bonds is 7. The second-order valence-corrected chi connectivity index (χ2v) is 5.90. The van der Waals surface area contributed by atoms with Gasteiger partial charge in [0.05, 0.1) is 12.0 Å². The summed E-state index contributed by atoms with van der Waals surface area (Å²) >= 11 is 0. The highest BCUT2D eigenvalue weighted by Crippen LogP contribution is 2.16. The second-order valence-electron chi connectivity index (χ2n) is 5.90. The Morgan fingerprint density at radius 1 is 1.04 bits per heavy atom. The van der Waals surface area contributed by atoms with Gasteiger partial charge in [0.2, 0.25) is 5.91 Å². The lowest BCUT2D eigenvalue weighted by Crippen LogP contribution is -2.39. The predicted molar refractivity (Wildman–Crippen MR) is 93.9 cm³/mol. The van der Waals surface area contributed by atoms with Crippen molar-refractivity contribution in [1.29, 1.82) is 0 Å². The summed E-state index contributed by atoms with van der Waals surface area (Å²) in [5.74, 6) is -1.06. The Bertz CT molecular complexity index is 697. The summed E-state index contributed by atoms with van der Waals surface area (Å²) in [6.07, 6.45) is 0.943. The smallest absolute Gasteiger partial charge is 0.335 e. The Kier molecular flexibility index (Phi) is 6.13. The Balaban J connectivity index is 2.21. The highest BCUT2D eigenvalue weighted by Gasteiger charge is 2.21.